The summed E-state index contributed by atoms with van der Waals surface area (Å²) in [4.78, 5) is 21.3. The number of rotatable bonds is 5. The number of benzene rings is 2. The molecule has 11 heteroatoms. The molecule has 7 nitrogen and oxygen atoms in total. The van der Waals surface area contributed by atoms with Crippen LogP contribution in [-0.4, -0.2) is 35.0 Å². The largest absolute Gasteiger partial charge is 0.573 e. The number of alkyl halides is 3. The molecule has 4 rings (SSSR count). The topological polar surface area (TPSA) is 85.3 Å². The van der Waals surface area contributed by atoms with Gasteiger partial charge in [0.05, 0.1) is 11.4 Å². The molecule has 2 amide bonds. The SMILES string of the molecule is C[C@H]1CNC(=O)[C@@H]1C.O=CNc1cc(-c2cccc(OC(F)(F)F)c2)n(-c2cccc(F)c2)n1. The molecule has 1 aliphatic heterocycles. The summed E-state index contributed by atoms with van der Waals surface area (Å²) >= 11 is 0. The number of halogens is 4. The number of nitrogens with zero attached hydrogens (tertiary/aromatic N) is 2. The molecule has 1 aliphatic rings. The minimum absolute atomic E-state index is 0.154. The Kier molecular flexibility index (Phi) is 7.54. The van der Waals surface area contributed by atoms with Gasteiger partial charge in [0.25, 0.3) is 0 Å². The van der Waals surface area contributed by atoms with Gasteiger partial charge in [-0.25, -0.2) is 9.07 Å². The van der Waals surface area contributed by atoms with Gasteiger partial charge in [-0.05, 0) is 36.2 Å². The molecule has 0 saturated carbocycles. The smallest absolute Gasteiger partial charge is 0.406 e. The van der Waals surface area contributed by atoms with Crippen LogP contribution < -0.4 is 15.4 Å². The van der Waals surface area contributed by atoms with E-state index in [1.807, 2.05) is 6.92 Å². The minimum atomic E-state index is -4.83. The van der Waals surface area contributed by atoms with Crippen LogP contribution in [0.1, 0.15) is 13.8 Å². The first-order valence-electron chi connectivity index (χ1n) is 10.3. The zero-order valence-electron chi connectivity index (χ0n) is 18.3. The van der Waals surface area contributed by atoms with E-state index in [2.05, 4.69) is 27.4 Å². The molecule has 2 heterocycles. The van der Waals surface area contributed by atoms with E-state index in [0.717, 1.165) is 12.6 Å². The molecule has 180 valence electrons. The first kappa shape index (κ1) is 24.7. The van der Waals surface area contributed by atoms with E-state index in [-0.39, 0.29) is 17.6 Å². The highest BCUT2D eigenvalue weighted by Crippen LogP contribution is 2.31. The molecule has 1 aromatic heterocycles. The molecule has 0 radical (unpaired) electrons. The Labute approximate surface area is 192 Å². The highest BCUT2D eigenvalue weighted by molar-refractivity contribution is 5.80. The Balaban J connectivity index is 0.000000343. The molecule has 0 unspecified atom stereocenters. The van der Waals surface area contributed by atoms with Gasteiger partial charge in [0.1, 0.15) is 11.6 Å². The molecule has 2 N–H and O–H groups in total. The lowest BCUT2D eigenvalue weighted by Gasteiger charge is -2.11. The molecule has 1 saturated heterocycles. The summed E-state index contributed by atoms with van der Waals surface area (Å²) in [6.45, 7) is 4.91. The molecular formula is C23H22F4N4O3. The molecule has 0 aliphatic carbocycles. The van der Waals surface area contributed by atoms with E-state index in [1.54, 1.807) is 12.1 Å². The Hall–Kier alpha value is -3.89. The highest BCUT2D eigenvalue weighted by atomic mass is 19.4. The third-order valence-electron chi connectivity index (χ3n) is 5.20. The average Bonchev–Trinajstić information content (AvgIpc) is 3.32. The second-order valence-corrected chi connectivity index (χ2v) is 7.66. The summed E-state index contributed by atoms with van der Waals surface area (Å²) in [5.41, 5.74) is 1.01. The van der Waals surface area contributed by atoms with Crippen LogP contribution in [0, 0.1) is 17.7 Å². The van der Waals surface area contributed by atoms with Crippen molar-refractivity contribution < 1.29 is 31.9 Å². The predicted octanol–water partition coefficient (Wildman–Crippen LogP) is 4.53. The van der Waals surface area contributed by atoms with Gasteiger partial charge >= 0.3 is 6.36 Å². The monoisotopic (exact) mass is 478 g/mol. The van der Waals surface area contributed by atoms with Crippen LogP contribution in [0.2, 0.25) is 0 Å². The average molecular weight is 478 g/mol. The van der Waals surface area contributed by atoms with Crippen molar-refractivity contribution >= 4 is 18.1 Å². The van der Waals surface area contributed by atoms with Crippen molar-refractivity contribution in [2.24, 2.45) is 11.8 Å². The van der Waals surface area contributed by atoms with Crippen molar-refractivity contribution in [1.29, 1.82) is 0 Å². The van der Waals surface area contributed by atoms with Crippen LogP contribution in [0.5, 0.6) is 5.75 Å². The molecule has 0 bridgehead atoms. The molecule has 1 fully saturated rings. The van der Waals surface area contributed by atoms with Crippen LogP contribution in [0.25, 0.3) is 16.9 Å². The van der Waals surface area contributed by atoms with E-state index < -0.39 is 17.9 Å². The number of carbonyl (C=O) groups is 2. The molecule has 2 atom stereocenters. The molecular weight excluding hydrogens is 456 g/mol. The van der Waals surface area contributed by atoms with Gasteiger partial charge in [0, 0.05) is 24.1 Å². The zero-order chi connectivity index (χ0) is 24.9. The number of hydrogen-bond donors (Lipinski definition) is 2. The van der Waals surface area contributed by atoms with Crippen molar-refractivity contribution in [3.05, 3.63) is 60.4 Å². The summed E-state index contributed by atoms with van der Waals surface area (Å²) in [7, 11) is 0. The maximum Gasteiger partial charge on any atom is 0.573 e. The van der Waals surface area contributed by atoms with E-state index in [9.17, 15) is 27.2 Å². The lowest BCUT2D eigenvalue weighted by Crippen LogP contribution is -2.17. The first-order valence-corrected chi connectivity index (χ1v) is 10.3. The van der Waals surface area contributed by atoms with Crippen molar-refractivity contribution in [3.8, 4) is 22.7 Å². The van der Waals surface area contributed by atoms with Crippen molar-refractivity contribution in [1.82, 2.24) is 15.1 Å². The lowest BCUT2D eigenvalue weighted by molar-refractivity contribution is -0.274. The van der Waals surface area contributed by atoms with Crippen LogP contribution in [0.4, 0.5) is 23.4 Å². The number of hydrogen-bond acceptors (Lipinski definition) is 4. The highest BCUT2D eigenvalue weighted by Gasteiger charge is 2.31. The number of carbonyl (C=O) groups excluding carboxylic acids is 2. The second kappa shape index (κ2) is 10.4. The normalized spacial score (nSPS) is 17.4. The third kappa shape index (κ3) is 6.33. The summed E-state index contributed by atoms with van der Waals surface area (Å²) in [6, 6.07) is 12.2. The maximum atomic E-state index is 13.5. The van der Waals surface area contributed by atoms with Crippen LogP contribution in [0.3, 0.4) is 0 Å². The van der Waals surface area contributed by atoms with Crippen LogP contribution in [0.15, 0.2) is 54.6 Å². The van der Waals surface area contributed by atoms with Crippen LogP contribution >= 0.6 is 0 Å². The van der Waals surface area contributed by atoms with Gasteiger partial charge in [0.15, 0.2) is 5.82 Å². The fraction of sp³-hybridized carbons (Fsp3) is 0.261. The van der Waals surface area contributed by atoms with Gasteiger partial charge < -0.3 is 15.4 Å². The zero-order valence-corrected chi connectivity index (χ0v) is 18.3. The third-order valence-corrected chi connectivity index (χ3v) is 5.20. The van der Waals surface area contributed by atoms with E-state index >= 15 is 0 Å². The number of amides is 2. The van der Waals surface area contributed by atoms with Crippen molar-refractivity contribution in [2.75, 3.05) is 11.9 Å². The Morgan fingerprint density at radius 1 is 1.15 bits per heavy atom. The summed E-state index contributed by atoms with van der Waals surface area (Å²) in [5, 5.41) is 9.27. The molecule has 0 spiro atoms. The minimum Gasteiger partial charge on any atom is -0.406 e. The Morgan fingerprint density at radius 2 is 1.88 bits per heavy atom. The van der Waals surface area contributed by atoms with E-state index in [1.165, 1.54) is 41.1 Å². The van der Waals surface area contributed by atoms with Gasteiger partial charge in [-0.15, -0.1) is 18.3 Å². The summed E-state index contributed by atoms with van der Waals surface area (Å²) in [5.74, 6) is 0.200. The number of ether oxygens (including phenoxy) is 1. The summed E-state index contributed by atoms with van der Waals surface area (Å²) < 4.78 is 56.1. The number of nitrogens with one attached hydrogen (secondary N) is 2. The standard InChI is InChI=1S/C17H11F4N3O2.C6H11NO/c18-12-4-2-5-13(8-12)24-15(9-16(23-24)22-10-25)11-3-1-6-14(7-11)26-17(19,20)21;1-4-3-7-6(8)5(4)2/h1-10H,(H,22,23,25);4-5H,3H2,1-2H3,(H,7,8)/t;4-,5+/m.0/s1. The Bertz CT molecular complexity index is 1160. The van der Waals surface area contributed by atoms with Crippen LogP contribution in [-0.2, 0) is 9.59 Å². The van der Waals surface area contributed by atoms with Crippen molar-refractivity contribution in [3.63, 3.8) is 0 Å². The van der Waals surface area contributed by atoms with E-state index in [4.69, 9.17) is 0 Å². The lowest BCUT2D eigenvalue weighted by atomic mass is 10.0. The van der Waals surface area contributed by atoms with Gasteiger partial charge in [-0.2, -0.15) is 0 Å². The Morgan fingerprint density at radius 3 is 2.44 bits per heavy atom. The quantitative estimate of drug-likeness (QED) is 0.417. The molecule has 3 aromatic rings. The van der Waals surface area contributed by atoms with Crippen molar-refractivity contribution in [2.45, 2.75) is 20.2 Å². The second-order valence-electron chi connectivity index (χ2n) is 7.66. The number of aromatic nitrogens is 2. The van der Waals surface area contributed by atoms with Gasteiger partial charge in [-0.1, -0.05) is 32.0 Å². The van der Waals surface area contributed by atoms with Gasteiger partial charge in [-0.3, -0.25) is 9.59 Å². The predicted molar refractivity (Wildman–Crippen MR) is 117 cm³/mol. The fourth-order valence-corrected chi connectivity index (χ4v) is 3.23. The molecule has 2 aromatic carbocycles. The molecule has 34 heavy (non-hydrogen) atoms. The summed E-state index contributed by atoms with van der Waals surface area (Å²) in [6.07, 6.45) is -4.42. The van der Waals surface area contributed by atoms with E-state index in [0.29, 0.717) is 29.3 Å². The maximum absolute atomic E-state index is 13.5. The number of anilines is 1. The fourth-order valence-electron chi connectivity index (χ4n) is 3.23. The van der Waals surface area contributed by atoms with Gasteiger partial charge in [0.2, 0.25) is 12.3 Å². The first-order chi connectivity index (χ1) is 16.1.